The summed E-state index contributed by atoms with van der Waals surface area (Å²) in [5.74, 6) is -0.569. The number of amides is 1. The van der Waals surface area contributed by atoms with E-state index >= 15 is 0 Å². The Kier molecular flexibility index (Phi) is 4.44. The fraction of sp³-hybridized carbons (Fsp3) is 0.143. The van der Waals surface area contributed by atoms with Crippen molar-refractivity contribution in [3.05, 3.63) is 41.2 Å². The van der Waals surface area contributed by atoms with Gasteiger partial charge in [0.2, 0.25) is 0 Å². The number of rotatable bonds is 4. The number of halogens is 1. The maximum atomic E-state index is 13.2. The predicted octanol–water partition coefficient (Wildman–Crippen LogP) is 4.15. The summed E-state index contributed by atoms with van der Waals surface area (Å²) in [5, 5.41) is 5.86. The molecule has 3 rings (SSSR count). The first-order valence-electron chi connectivity index (χ1n) is 6.39. The number of benzene rings is 1. The molecule has 3 N–H and O–H groups in total. The second kappa shape index (κ2) is 6.33. The van der Waals surface area contributed by atoms with Crippen LogP contribution in [0.3, 0.4) is 0 Å². The minimum absolute atomic E-state index is 0.0699. The summed E-state index contributed by atoms with van der Waals surface area (Å²) in [6.07, 6.45) is 0. The molecule has 1 unspecified atom stereocenters. The third kappa shape index (κ3) is 3.46. The summed E-state index contributed by atoms with van der Waals surface area (Å²) < 4.78 is 14.9. The lowest BCUT2D eigenvalue weighted by Gasteiger charge is -2.00. The van der Waals surface area contributed by atoms with Gasteiger partial charge in [0.25, 0.3) is 5.91 Å². The molecule has 22 heavy (non-hydrogen) atoms. The first kappa shape index (κ1) is 15.4. The van der Waals surface area contributed by atoms with Gasteiger partial charge in [-0.1, -0.05) is 11.8 Å². The molecule has 2 heterocycles. The lowest BCUT2D eigenvalue weighted by molar-refractivity contribution is 0.102. The van der Waals surface area contributed by atoms with Gasteiger partial charge < -0.3 is 11.1 Å². The van der Waals surface area contributed by atoms with Crippen LogP contribution in [0.5, 0.6) is 0 Å². The van der Waals surface area contributed by atoms with E-state index in [1.54, 1.807) is 17.5 Å². The van der Waals surface area contributed by atoms with Gasteiger partial charge >= 0.3 is 0 Å². The molecule has 1 amide bonds. The van der Waals surface area contributed by atoms with E-state index in [0.717, 1.165) is 14.4 Å². The van der Waals surface area contributed by atoms with E-state index in [4.69, 9.17) is 5.73 Å². The Balaban J connectivity index is 1.76. The summed E-state index contributed by atoms with van der Waals surface area (Å²) in [4.78, 5) is 16.4. The zero-order valence-electron chi connectivity index (χ0n) is 11.5. The largest absolute Gasteiger partial charge is 0.319 e. The number of nitrogens with one attached hydrogen (secondary N) is 1. The number of thiophene rings is 1. The Morgan fingerprint density at radius 2 is 2.27 bits per heavy atom. The van der Waals surface area contributed by atoms with Crippen LogP contribution in [-0.4, -0.2) is 16.3 Å². The molecule has 1 atom stereocenters. The number of thiazole rings is 1. The molecule has 8 heteroatoms. The Morgan fingerprint density at radius 1 is 1.45 bits per heavy atom. The molecule has 114 valence electrons. The topological polar surface area (TPSA) is 68.0 Å². The fourth-order valence-corrected chi connectivity index (χ4v) is 4.58. The monoisotopic (exact) mass is 353 g/mol. The first-order valence-corrected chi connectivity index (χ1v) is 8.97. The van der Waals surface area contributed by atoms with Gasteiger partial charge in [0.1, 0.15) is 11.5 Å². The van der Waals surface area contributed by atoms with Crippen molar-refractivity contribution in [3.8, 4) is 0 Å². The number of nitrogens with two attached hydrogens (primary N) is 1. The lowest BCUT2D eigenvalue weighted by atomic mass is 10.2. The standard InChI is InChI=1S/C14H12FN3OS3/c1-7(16)21-14-17-10(6-20-14)13(19)18-12-5-8-4-9(15)2-3-11(8)22-12/h2-7H,16H2,1H3,(H,18,19). The van der Waals surface area contributed by atoms with Gasteiger partial charge in [-0.15, -0.1) is 22.7 Å². The van der Waals surface area contributed by atoms with E-state index in [1.165, 1.54) is 46.6 Å². The van der Waals surface area contributed by atoms with Gasteiger partial charge in [-0.05, 0) is 36.6 Å². The Hall–Kier alpha value is -1.48. The van der Waals surface area contributed by atoms with Crippen molar-refractivity contribution in [1.29, 1.82) is 0 Å². The van der Waals surface area contributed by atoms with E-state index in [1.807, 2.05) is 6.92 Å². The smallest absolute Gasteiger partial charge is 0.275 e. The minimum Gasteiger partial charge on any atom is -0.319 e. The number of aromatic nitrogens is 1. The molecule has 0 radical (unpaired) electrons. The molecular weight excluding hydrogens is 341 g/mol. The molecule has 4 nitrogen and oxygen atoms in total. The number of nitrogens with zero attached hydrogens (tertiary/aromatic N) is 1. The third-order valence-corrected chi connectivity index (χ3v) is 5.63. The van der Waals surface area contributed by atoms with Crippen molar-refractivity contribution in [2.24, 2.45) is 5.73 Å². The Morgan fingerprint density at radius 3 is 3.05 bits per heavy atom. The van der Waals surface area contributed by atoms with Crippen LogP contribution in [0.4, 0.5) is 9.39 Å². The molecule has 3 aromatic rings. The molecule has 0 aliphatic rings. The second-order valence-corrected chi connectivity index (χ2v) is 8.13. The van der Waals surface area contributed by atoms with Gasteiger partial charge in [-0.25, -0.2) is 9.37 Å². The van der Waals surface area contributed by atoms with Gasteiger partial charge in [-0.2, -0.15) is 0 Å². The number of hydrogen-bond donors (Lipinski definition) is 2. The number of carbonyl (C=O) groups excluding carboxylic acids is 1. The maximum absolute atomic E-state index is 13.2. The lowest BCUT2D eigenvalue weighted by Crippen LogP contribution is -2.11. The van der Waals surface area contributed by atoms with Crippen molar-refractivity contribution in [3.63, 3.8) is 0 Å². The average Bonchev–Trinajstić information content (AvgIpc) is 3.03. The summed E-state index contributed by atoms with van der Waals surface area (Å²) in [5.41, 5.74) is 6.05. The zero-order chi connectivity index (χ0) is 15.7. The molecule has 0 saturated heterocycles. The third-order valence-electron chi connectivity index (χ3n) is 2.72. The Labute approximate surface area is 138 Å². The van der Waals surface area contributed by atoms with Gasteiger partial charge in [-0.3, -0.25) is 4.79 Å². The normalized spacial score (nSPS) is 12.5. The van der Waals surface area contributed by atoms with Crippen LogP contribution in [0.1, 0.15) is 17.4 Å². The number of anilines is 1. The van der Waals surface area contributed by atoms with Crippen LogP contribution in [0.25, 0.3) is 10.1 Å². The second-order valence-electron chi connectivity index (χ2n) is 4.57. The van der Waals surface area contributed by atoms with Gasteiger partial charge in [0.05, 0.1) is 10.4 Å². The summed E-state index contributed by atoms with van der Waals surface area (Å²) in [7, 11) is 0. The van der Waals surface area contributed by atoms with Crippen LogP contribution in [0.15, 0.2) is 34.0 Å². The molecule has 1 aromatic carbocycles. The highest BCUT2D eigenvalue weighted by Gasteiger charge is 2.13. The fourth-order valence-electron chi connectivity index (χ4n) is 1.83. The van der Waals surface area contributed by atoms with Crippen molar-refractivity contribution in [2.45, 2.75) is 16.6 Å². The van der Waals surface area contributed by atoms with Crippen molar-refractivity contribution in [2.75, 3.05) is 5.32 Å². The van der Waals surface area contributed by atoms with E-state index in [0.29, 0.717) is 10.7 Å². The summed E-state index contributed by atoms with van der Waals surface area (Å²) in [6, 6.07) is 6.31. The van der Waals surface area contributed by atoms with E-state index in [2.05, 4.69) is 10.3 Å². The Bertz CT molecular complexity index is 828. The van der Waals surface area contributed by atoms with Crippen LogP contribution in [0.2, 0.25) is 0 Å². The van der Waals surface area contributed by atoms with E-state index in [9.17, 15) is 9.18 Å². The minimum atomic E-state index is -0.291. The van der Waals surface area contributed by atoms with Crippen LogP contribution in [0, 0.1) is 5.82 Å². The van der Waals surface area contributed by atoms with E-state index in [-0.39, 0.29) is 17.1 Å². The highest BCUT2D eigenvalue weighted by Crippen LogP contribution is 2.31. The number of carbonyl (C=O) groups is 1. The first-order chi connectivity index (χ1) is 10.5. The summed E-state index contributed by atoms with van der Waals surface area (Å²) >= 11 is 4.20. The van der Waals surface area contributed by atoms with E-state index < -0.39 is 0 Å². The van der Waals surface area contributed by atoms with Crippen LogP contribution >= 0.6 is 34.4 Å². The molecular formula is C14H12FN3OS3. The van der Waals surface area contributed by atoms with Crippen molar-refractivity contribution < 1.29 is 9.18 Å². The number of fused-ring (bicyclic) bond motifs is 1. The van der Waals surface area contributed by atoms with Crippen molar-refractivity contribution >= 4 is 55.4 Å². The molecule has 0 aliphatic carbocycles. The average molecular weight is 353 g/mol. The predicted molar refractivity (Wildman–Crippen MR) is 91.4 cm³/mol. The van der Waals surface area contributed by atoms with Gasteiger partial charge in [0.15, 0.2) is 4.34 Å². The zero-order valence-corrected chi connectivity index (χ0v) is 13.9. The molecule has 2 aromatic heterocycles. The number of hydrogen-bond acceptors (Lipinski definition) is 6. The van der Waals surface area contributed by atoms with Crippen LogP contribution < -0.4 is 11.1 Å². The van der Waals surface area contributed by atoms with Gasteiger partial charge in [0, 0.05) is 10.1 Å². The van der Waals surface area contributed by atoms with Crippen LogP contribution in [-0.2, 0) is 0 Å². The highest BCUT2D eigenvalue weighted by atomic mass is 32.2. The molecule has 0 aliphatic heterocycles. The number of thioether (sulfide) groups is 1. The molecule has 0 bridgehead atoms. The highest BCUT2D eigenvalue weighted by molar-refractivity contribution is 8.01. The van der Waals surface area contributed by atoms with Crippen molar-refractivity contribution in [1.82, 2.24) is 4.98 Å². The SMILES string of the molecule is CC(N)Sc1nc(C(=O)Nc2cc3cc(F)ccc3s2)cs1. The molecule has 0 fully saturated rings. The molecule has 0 saturated carbocycles. The molecule has 0 spiro atoms. The summed E-state index contributed by atoms with van der Waals surface area (Å²) in [6.45, 7) is 1.86. The maximum Gasteiger partial charge on any atom is 0.275 e. The quantitative estimate of drug-likeness (QED) is 0.546.